The largest absolute Gasteiger partial charge is 0.396 e. The lowest BCUT2D eigenvalue weighted by atomic mass is 9.79. The summed E-state index contributed by atoms with van der Waals surface area (Å²) >= 11 is 0. The monoisotopic (exact) mass is 331 g/mol. The van der Waals surface area contributed by atoms with Gasteiger partial charge in [0.2, 0.25) is 0 Å². The first-order valence-corrected chi connectivity index (χ1v) is 8.34. The first-order chi connectivity index (χ1) is 11.5. The van der Waals surface area contributed by atoms with Gasteiger partial charge in [-0.15, -0.1) is 0 Å². The number of nitrogens with one attached hydrogen (secondary N) is 1. The molecule has 2 N–H and O–H groups in total. The number of aromatic nitrogens is 2. The lowest BCUT2D eigenvalue weighted by molar-refractivity contribution is 0.0907. The van der Waals surface area contributed by atoms with Crippen molar-refractivity contribution in [3.63, 3.8) is 0 Å². The molecule has 0 unspecified atom stereocenters. The zero-order chi connectivity index (χ0) is 17.6. The fourth-order valence-corrected chi connectivity index (χ4v) is 2.82. The lowest BCUT2D eigenvalue weighted by Gasteiger charge is -2.31. The van der Waals surface area contributed by atoms with Crippen LogP contribution in [0, 0.1) is 12.3 Å². The predicted molar refractivity (Wildman–Crippen MR) is 91.5 cm³/mol. The molecule has 1 aromatic heterocycles. The van der Waals surface area contributed by atoms with E-state index >= 15 is 0 Å². The SMILES string of the molecule is CCC(CC)(CCO)CNC(=O)c1ccccc1-c1nc(C)no1. The van der Waals surface area contributed by atoms with Crippen LogP contribution in [0.1, 0.15) is 49.3 Å². The van der Waals surface area contributed by atoms with Crippen LogP contribution in [-0.2, 0) is 0 Å². The topological polar surface area (TPSA) is 88.2 Å². The second kappa shape index (κ2) is 8.06. The molecule has 0 saturated heterocycles. The van der Waals surface area contributed by atoms with Gasteiger partial charge in [-0.25, -0.2) is 0 Å². The minimum Gasteiger partial charge on any atom is -0.396 e. The standard InChI is InChI=1S/C18H25N3O3/c1-4-18(5-2,10-11-22)12-19-16(23)14-8-6-7-9-15(14)17-20-13(3)21-24-17/h6-9,22H,4-5,10-12H2,1-3H3,(H,19,23). The van der Waals surface area contributed by atoms with Crippen molar-refractivity contribution in [3.8, 4) is 11.5 Å². The third-order valence-electron chi connectivity index (χ3n) is 4.70. The van der Waals surface area contributed by atoms with Crippen molar-refractivity contribution in [1.82, 2.24) is 15.5 Å². The number of hydrogen-bond acceptors (Lipinski definition) is 5. The minimum atomic E-state index is -0.175. The summed E-state index contributed by atoms with van der Waals surface area (Å²) in [6.07, 6.45) is 2.47. The number of carbonyl (C=O) groups is 1. The molecule has 1 heterocycles. The van der Waals surface area contributed by atoms with E-state index in [1.54, 1.807) is 19.1 Å². The smallest absolute Gasteiger partial charge is 0.258 e. The number of aryl methyl sites for hydroxylation is 1. The van der Waals surface area contributed by atoms with E-state index in [4.69, 9.17) is 4.52 Å². The molecule has 6 heteroatoms. The molecule has 0 saturated carbocycles. The Balaban J connectivity index is 2.19. The van der Waals surface area contributed by atoms with Crippen molar-refractivity contribution < 1.29 is 14.4 Å². The average molecular weight is 331 g/mol. The van der Waals surface area contributed by atoms with Crippen LogP contribution in [0.2, 0.25) is 0 Å². The summed E-state index contributed by atoms with van der Waals surface area (Å²) in [7, 11) is 0. The lowest BCUT2D eigenvalue weighted by Crippen LogP contribution is -2.37. The van der Waals surface area contributed by atoms with Crippen LogP contribution in [-0.4, -0.2) is 34.3 Å². The second-order valence-electron chi connectivity index (χ2n) is 6.06. The number of carbonyl (C=O) groups excluding carboxylic acids is 1. The number of amides is 1. The van der Waals surface area contributed by atoms with Crippen LogP contribution in [0.25, 0.3) is 11.5 Å². The number of nitrogens with zero attached hydrogens (tertiary/aromatic N) is 2. The molecule has 0 aliphatic heterocycles. The van der Waals surface area contributed by atoms with E-state index in [-0.39, 0.29) is 17.9 Å². The molecule has 0 bridgehead atoms. The van der Waals surface area contributed by atoms with E-state index in [2.05, 4.69) is 29.3 Å². The van der Waals surface area contributed by atoms with Gasteiger partial charge < -0.3 is 14.9 Å². The number of aliphatic hydroxyl groups is 1. The van der Waals surface area contributed by atoms with Crippen LogP contribution in [0.3, 0.4) is 0 Å². The number of benzene rings is 1. The van der Waals surface area contributed by atoms with Crippen molar-refractivity contribution in [1.29, 1.82) is 0 Å². The third kappa shape index (κ3) is 4.00. The van der Waals surface area contributed by atoms with E-state index in [0.29, 0.717) is 35.8 Å². The normalized spacial score (nSPS) is 11.5. The van der Waals surface area contributed by atoms with Gasteiger partial charge in [-0.3, -0.25) is 4.79 Å². The maximum atomic E-state index is 12.7. The minimum absolute atomic E-state index is 0.0829. The molecule has 0 aliphatic rings. The zero-order valence-electron chi connectivity index (χ0n) is 14.5. The molecule has 6 nitrogen and oxygen atoms in total. The first-order valence-electron chi connectivity index (χ1n) is 8.34. The average Bonchev–Trinajstić information content (AvgIpc) is 3.05. The van der Waals surface area contributed by atoms with Gasteiger partial charge in [-0.2, -0.15) is 4.98 Å². The summed E-state index contributed by atoms with van der Waals surface area (Å²) < 4.78 is 5.19. The van der Waals surface area contributed by atoms with Gasteiger partial charge in [0.25, 0.3) is 11.8 Å². The molecule has 2 aromatic rings. The van der Waals surface area contributed by atoms with Crippen LogP contribution in [0.15, 0.2) is 28.8 Å². The summed E-state index contributed by atoms with van der Waals surface area (Å²) in [6.45, 7) is 6.55. The summed E-state index contributed by atoms with van der Waals surface area (Å²) in [6, 6.07) is 7.18. The van der Waals surface area contributed by atoms with Crippen molar-refractivity contribution in [2.45, 2.75) is 40.0 Å². The van der Waals surface area contributed by atoms with Gasteiger partial charge in [-0.05, 0) is 43.7 Å². The second-order valence-corrected chi connectivity index (χ2v) is 6.06. The van der Waals surface area contributed by atoms with E-state index in [1.807, 2.05) is 12.1 Å². The third-order valence-corrected chi connectivity index (χ3v) is 4.70. The molecule has 0 spiro atoms. The Kier molecular flexibility index (Phi) is 6.09. The maximum Gasteiger partial charge on any atom is 0.258 e. The molecule has 2 rings (SSSR count). The van der Waals surface area contributed by atoms with Crippen LogP contribution < -0.4 is 5.32 Å². The van der Waals surface area contributed by atoms with Crippen molar-refractivity contribution in [2.24, 2.45) is 5.41 Å². The summed E-state index contributed by atoms with van der Waals surface area (Å²) in [5.41, 5.74) is 1.04. The highest BCUT2D eigenvalue weighted by molar-refractivity contribution is 5.99. The van der Waals surface area contributed by atoms with Crippen molar-refractivity contribution in [2.75, 3.05) is 13.2 Å². The molecule has 0 atom stereocenters. The Labute approximate surface area is 142 Å². The first kappa shape index (κ1) is 18.1. The number of aliphatic hydroxyl groups excluding tert-OH is 1. The predicted octanol–water partition coefficient (Wildman–Crippen LogP) is 2.96. The fraction of sp³-hybridized carbons (Fsp3) is 0.500. The van der Waals surface area contributed by atoms with Gasteiger partial charge >= 0.3 is 0 Å². The number of rotatable bonds is 8. The molecule has 0 aliphatic carbocycles. The Morgan fingerprint density at radius 1 is 1.29 bits per heavy atom. The van der Waals surface area contributed by atoms with Gasteiger partial charge in [-0.1, -0.05) is 31.1 Å². The van der Waals surface area contributed by atoms with Crippen LogP contribution in [0.4, 0.5) is 0 Å². The molecule has 1 aromatic carbocycles. The summed E-state index contributed by atoms with van der Waals surface area (Å²) in [5.74, 6) is 0.690. The highest BCUT2D eigenvalue weighted by Crippen LogP contribution is 2.30. The van der Waals surface area contributed by atoms with Crippen LogP contribution in [0.5, 0.6) is 0 Å². The Bertz CT molecular complexity index is 678. The highest BCUT2D eigenvalue weighted by Gasteiger charge is 2.27. The summed E-state index contributed by atoms with van der Waals surface area (Å²) in [5, 5.41) is 16.1. The maximum absolute atomic E-state index is 12.7. The number of hydrogen-bond donors (Lipinski definition) is 2. The zero-order valence-corrected chi connectivity index (χ0v) is 14.5. The van der Waals surface area contributed by atoms with Crippen LogP contribution >= 0.6 is 0 Å². The van der Waals surface area contributed by atoms with Crippen molar-refractivity contribution >= 4 is 5.91 Å². The Morgan fingerprint density at radius 3 is 2.58 bits per heavy atom. The molecule has 24 heavy (non-hydrogen) atoms. The quantitative estimate of drug-likeness (QED) is 0.776. The Morgan fingerprint density at radius 2 is 2.00 bits per heavy atom. The van der Waals surface area contributed by atoms with Gasteiger partial charge in [0.1, 0.15) is 0 Å². The van der Waals surface area contributed by atoms with E-state index in [9.17, 15) is 9.90 Å². The molecule has 0 radical (unpaired) electrons. The fourth-order valence-electron chi connectivity index (χ4n) is 2.82. The molecule has 0 fully saturated rings. The van der Waals surface area contributed by atoms with Gasteiger partial charge in [0, 0.05) is 13.2 Å². The Hall–Kier alpha value is -2.21. The van der Waals surface area contributed by atoms with Crippen molar-refractivity contribution in [3.05, 3.63) is 35.7 Å². The molecular formula is C18H25N3O3. The molecule has 1 amide bonds. The van der Waals surface area contributed by atoms with Gasteiger partial charge in [0.15, 0.2) is 5.82 Å². The van der Waals surface area contributed by atoms with E-state index in [0.717, 1.165) is 12.8 Å². The molecule has 130 valence electrons. The van der Waals surface area contributed by atoms with Gasteiger partial charge in [0.05, 0.1) is 11.1 Å². The van der Waals surface area contributed by atoms with E-state index in [1.165, 1.54) is 0 Å². The summed E-state index contributed by atoms with van der Waals surface area (Å²) in [4.78, 5) is 16.9. The highest BCUT2D eigenvalue weighted by atomic mass is 16.5. The molecular weight excluding hydrogens is 306 g/mol. The van der Waals surface area contributed by atoms with E-state index < -0.39 is 0 Å².